The van der Waals surface area contributed by atoms with E-state index in [0.717, 1.165) is 0 Å². The van der Waals surface area contributed by atoms with Gasteiger partial charge in [-0.05, 0) is 0 Å². The summed E-state index contributed by atoms with van der Waals surface area (Å²) in [5.41, 5.74) is 2.47. The molecule has 0 saturated heterocycles. The molecule has 0 spiro atoms. The van der Waals surface area contributed by atoms with E-state index in [1.165, 1.54) is 11.1 Å². The topological polar surface area (TPSA) is 0 Å². The summed E-state index contributed by atoms with van der Waals surface area (Å²) in [6.07, 6.45) is 3.08. The van der Waals surface area contributed by atoms with Crippen LogP contribution >= 0.6 is 0 Å². The molecule has 2 rings (SSSR count). The number of rotatable bonds is 3. The third-order valence-electron chi connectivity index (χ3n) is 2.47. The van der Waals surface area contributed by atoms with E-state index in [4.69, 9.17) is 0 Å². The van der Waals surface area contributed by atoms with Gasteiger partial charge in [-0.2, -0.15) is 0 Å². The summed E-state index contributed by atoms with van der Waals surface area (Å²) in [5, 5.41) is 0. The summed E-state index contributed by atoms with van der Waals surface area (Å²) in [4.78, 5) is 0. The summed E-state index contributed by atoms with van der Waals surface area (Å²) < 4.78 is 0. The maximum atomic E-state index is 3.79. The van der Waals surface area contributed by atoms with E-state index >= 15 is 0 Å². The molecule has 0 atom stereocenters. The second kappa shape index (κ2) is 4.54. The first kappa shape index (κ1) is 9.64. The van der Waals surface area contributed by atoms with E-state index in [1.807, 2.05) is 36.4 Å². The summed E-state index contributed by atoms with van der Waals surface area (Å²) in [7, 11) is 0. The molecule has 0 aliphatic carbocycles. The molecule has 0 heterocycles. The van der Waals surface area contributed by atoms with Crippen molar-refractivity contribution in [2.45, 2.75) is 5.92 Å². The molecular formula is C15H13+. The second-order valence-corrected chi connectivity index (χ2v) is 3.46. The summed E-state index contributed by atoms with van der Waals surface area (Å²) in [6.45, 7) is 3.79. The molecule has 0 heteroatoms. The Morgan fingerprint density at radius 1 is 0.733 bits per heavy atom. The van der Waals surface area contributed by atoms with Crippen molar-refractivity contribution in [3.8, 4) is 0 Å². The molecule has 2 aromatic carbocycles. The van der Waals surface area contributed by atoms with Crippen molar-refractivity contribution in [3.05, 3.63) is 84.4 Å². The summed E-state index contributed by atoms with van der Waals surface area (Å²) in [6, 6.07) is 20.6. The minimum absolute atomic E-state index is 0.174. The zero-order valence-corrected chi connectivity index (χ0v) is 8.56. The number of hydrogen-bond acceptors (Lipinski definition) is 0. The highest BCUT2D eigenvalue weighted by molar-refractivity contribution is 5.34. The summed E-state index contributed by atoms with van der Waals surface area (Å²) in [5.74, 6) is 0.174. The molecule has 0 aliphatic rings. The highest BCUT2D eigenvalue weighted by Gasteiger charge is 2.19. The third kappa shape index (κ3) is 2.12. The molecule has 0 bridgehead atoms. The van der Waals surface area contributed by atoms with Gasteiger partial charge in [-0.25, -0.2) is 0 Å². The van der Waals surface area contributed by atoms with Gasteiger partial charge in [-0.1, -0.05) is 60.7 Å². The minimum atomic E-state index is 0.174. The van der Waals surface area contributed by atoms with Gasteiger partial charge in [0.15, 0.2) is 0 Å². The van der Waals surface area contributed by atoms with Crippen LogP contribution in [0.5, 0.6) is 0 Å². The Kier molecular flexibility index (Phi) is 2.92. The van der Waals surface area contributed by atoms with E-state index in [2.05, 4.69) is 36.9 Å². The van der Waals surface area contributed by atoms with Crippen molar-refractivity contribution in [2.75, 3.05) is 0 Å². The van der Waals surface area contributed by atoms with Gasteiger partial charge in [0.2, 0.25) is 12.0 Å². The van der Waals surface area contributed by atoms with E-state index in [-0.39, 0.29) is 5.92 Å². The van der Waals surface area contributed by atoms with Crippen LogP contribution in [0.15, 0.2) is 67.2 Å². The average Bonchev–Trinajstić information content (AvgIpc) is 2.33. The molecule has 0 amide bonds. The third-order valence-corrected chi connectivity index (χ3v) is 2.47. The molecule has 0 aromatic heterocycles. The standard InChI is InChI=1S/C15H13/c1-2-15(13-9-5-3-6-10-13)14-11-7-4-8-12-14/h3-12,15H,1H2/q+1. The Morgan fingerprint density at radius 3 is 1.47 bits per heavy atom. The first-order valence-corrected chi connectivity index (χ1v) is 5.04. The number of hydrogen-bond donors (Lipinski definition) is 0. The zero-order chi connectivity index (χ0) is 10.5. The molecular weight excluding hydrogens is 180 g/mol. The van der Waals surface area contributed by atoms with Crippen LogP contribution in [0.4, 0.5) is 0 Å². The van der Waals surface area contributed by atoms with Crippen molar-refractivity contribution in [1.82, 2.24) is 0 Å². The minimum Gasteiger partial charge on any atom is -0.0622 e. The maximum Gasteiger partial charge on any atom is 0.228 e. The normalized spacial score (nSPS) is 9.93. The maximum absolute atomic E-state index is 3.79. The average molecular weight is 193 g/mol. The SMILES string of the molecule is C=[C+]C(c1ccccc1)c1ccccc1. The van der Waals surface area contributed by atoms with Crippen molar-refractivity contribution in [3.63, 3.8) is 0 Å². The van der Waals surface area contributed by atoms with Crippen molar-refractivity contribution in [2.24, 2.45) is 0 Å². The predicted octanol–water partition coefficient (Wildman–Crippen LogP) is 3.81. The lowest BCUT2D eigenvalue weighted by atomic mass is 9.92. The zero-order valence-electron chi connectivity index (χ0n) is 8.56. The van der Waals surface area contributed by atoms with Gasteiger partial charge in [0.1, 0.15) is 6.58 Å². The van der Waals surface area contributed by atoms with Gasteiger partial charge >= 0.3 is 0 Å². The second-order valence-electron chi connectivity index (χ2n) is 3.46. The van der Waals surface area contributed by atoms with Gasteiger partial charge in [-0.3, -0.25) is 0 Å². The van der Waals surface area contributed by atoms with Crippen molar-refractivity contribution >= 4 is 0 Å². The van der Waals surface area contributed by atoms with Crippen molar-refractivity contribution in [1.29, 1.82) is 0 Å². The fourth-order valence-electron chi connectivity index (χ4n) is 1.72. The van der Waals surface area contributed by atoms with Crippen LogP contribution in [-0.2, 0) is 0 Å². The van der Waals surface area contributed by atoms with Crippen LogP contribution in [0.2, 0.25) is 0 Å². The van der Waals surface area contributed by atoms with Crippen LogP contribution in [0.1, 0.15) is 17.0 Å². The largest absolute Gasteiger partial charge is 0.228 e. The van der Waals surface area contributed by atoms with Gasteiger partial charge in [0.05, 0.1) is 0 Å². The quantitative estimate of drug-likeness (QED) is 0.650. The van der Waals surface area contributed by atoms with Crippen LogP contribution in [0, 0.1) is 6.08 Å². The molecule has 0 N–H and O–H groups in total. The fourth-order valence-corrected chi connectivity index (χ4v) is 1.72. The van der Waals surface area contributed by atoms with Crippen LogP contribution in [0.25, 0.3) is 0 Å². The lowest BCUT2D eigenvalue weighted by Gasteiger charge is -2.03. The van der Waals surface area contributed by atoms with E-state index in [9.17, 15) is 0 Å². The molecule has 72 valence electrons. The Hall–Kier alpha value is -1.91. The van der Waals surface area contributed by atoms with Gasteiger partial charge in [0.25, 0.3) is 0 Å². The highest BCUT2D eigenvalue weighted by Crippen LogP contribution is 2.24. The fraction of sp³-hybridized carbons (Fsp3) is 0.0667. The molecule has 0 unspecified atom stereocenters. The van der Waals surface area contributed by atoms with E-state index in [0.29, 0.717) is 0 Å². The molecule has 0 aliphatic heterocycles. The molecule has 0 saturated carbocycles. The molecule has 0 radical (unpaired) electrons. The Balaban J connectivity index is 2.38. The van der Waals surface area contributed by atoms with Crippen LogP contribution < -0.4 is 0 Å². The molecule has 15 heavy (non-hydrogen) atoms. The highest BCUT2D eigenvalue weighted by atomic mass is 14.1. The number of allylic oxidation sites excluding steroid dienone is 1. The van der Waals surface area contributed by atoms with Gasteiger partial charge < -0.3 is 0 Å². The van der Waals surface area contributed by atoms with E-state index < -0.39 is 0 Å². The van der Waals surface area contributed by atoms with E-state index in [1.54, 1.807) is 0 Å². The lowest BCUT2D eigenvalue weighted by molar-refractivity contribution is 1.00. The Bertz CT molecular complexity index is 375. The molecule has 2 aromatic rings. The number of benzene rings is 2. The predicted molar refractivity (Wildman–Crippen MR) is 63.6 cm³/mol. The molecule has 0 nitrogen and oxygen atoms in total. The van der Waals surface area contributed by atoms with Crippen LogP contribution in [-0.4, -0.2) is 0 Å². The monoisotopic (exact) mass is 193 g/mol. The van der Waals surface area contributed by atoms with Crippen molar-refractivity contribution < 1.29 is 0 Å². The lowest BCUT2D eigenvalue weighted by Crippen LogP contribution is -1.96. The Morgan fingerprint density at radius 2 is 1.13 bits per heavy atom. The smallest absolute Gasteiger partial charge is 0.0622 e. The Labute approximate surface area is 90.9 Å². The molecule has 0 fully saturated rings. The van der Waals surface area contributed by atoms with Gasteiger partial charge in [0, 0.05) is 11.1 Å². The summed E-state index contributed by atoms with van der Waals surface area (Å²) >= 11 is 0. The van der Waals surface area contributed by atoms with Gasteiger partial charge in [-0.15, -0.1) is 0 Å². The first-order chi connectivity index (χ1) is 7.42. The van der Waals surface area contributed by atoms with Crippen LogP contribution in [0.3, 0.4) is 0 Å². The first-order valence-electron chi connectivity index (χ1n) is 5.04.